The van der Waals surface area contributed by atoms with Crippen molar-refractivity contribution in [3.05, 3.63) is 45.8 Å². The molecule has 0 atom stereocenters. The highest BCUT2D eigenvalue weighted by Crippen LogP contribution is 2.22. The molecule has 4 nitrogen and oxygen atoms in total. The topological polar surface area (TPSA) is 67.6 Å². The van der Waals surface area contributed by atoms with Crippen LogP contribution in [0, 0.1) is 11.3 Å². The number of nitrogen functional groups attached to an aromatic ring is 1. The molecule has 0 saturated heterocycles. The SMILES string of the molecule is N#Cc1ncn(CCc2ccc(Cl)cc2Cl)c1N. The number of anilines is 1. The third kappa shape index (κ3) is 2.58. The van der Waals surface area contributed by atoms with Gasteiger partial charge in [0, 0.05) is 16.6 Å². The predicted octanol–water partition coefficient (Wildman–Crippen LogP) is 2.89. The van der Waals surface area contributed by atoms with Gasteiger partial charge in [-0.3, -0.25) is 0 Å². The molecule has 2 aromatic rings. The number of hydrogen-bond donors (Lipinski definition) is 1. The zero-order valence-corrected chi connectivity index (χ0v) is 10.9. The van der Waals surface area contributed by atoms with E-state index in [2.05, 4.69) is 4.98 Å². The van der Waals surface area contributed by atoms with Crippen molar-refractivity contribution >= 4 is 29.0 Å². The van der Waals surface area contributed by atoms with E-state index in [0.29, 0.717) is 28.8 Å². The molecule has 2 N–H and O–H groups in total. The number of halogens is 2. The van der Waals surface area contributed by atoms with E-state index in [1.54, 1.807) is 23.0 Å². The number of aryl methyl sites for hydroxylation is 2. The second-order valence-electron chi connectivity index (χ2n) is 3.77. The third-order valence-electron chi connectivity index (χ3n) is 2.62. The van der Waals surface area contributed by atoms with Gasteiger partial charge < -0.3 is 10.3 Å². The normalized spacial score (nSPS) is 10.3. The molecule has 0 radical (unpaired) electrons. The van der Waals surface area contributed by atoms with Gasteiger partial charge in [0.2, 0.25) is 0 Å². The molecule has 2 rings (SSSR count). The Morgan fingerprint density at radius 1 is 1.39 bits per heavy atom. The summed E-state index contributed by atoms with van der Waals surface area (Å²) in [4.78, 5) is 3.91. The molecule has 0 fully saturated rings. The molecule has 0 amide bonds. The third-order valence-corrected chi connectivity index (χ3v) is 3.21. The first-order valence-corrected chi connectivity index (χ1v) is 6.02. The van der Waals surface area contributed by atoms with Crippen molar-refractivity contribution < 1.29 is 0 Å². The molecule has 0 aliphatic carbocycles. The smallest absolute Gasteiger partial charge is 0.182 e. The molecule has 1 heterocycles. The van der Waals surface area contributed by atoms with Crippen LogP contribution in [0.4, 0.5) is 5.82 Å². The Kier molecular flexibility index (Phi) is 3.75. The van der Waals surface area contributed by atoms with Gasteiger partial charge in [-0.25, -0.2) is 4.98 Å². The first kappa shape index (κ1) is 12.7. The summed E-state index contributed by atoms with van der Waals surface area (Å²) in [5.74, 6) is 0.377. The molecule has 92 valence electrons. The average molecular weight is 281 g/mol. The lowest BCUT2D eigenvalue weighted by molar-refractivity contribution is 0.704. The van der Waals surface area contributed by atoms with Gasteiger partial charge in [0.15, 0.2) is 5.69 Å². The van der Waals surface area contributed by atoms with E-state index in [9.17, 15) is 0 Å². The molecule has 0 unspecified atom stereocenters. The van der Waals surface area contributed by atoms with E-state index < -0.39 is 0 Å². The quantitative estimate of drug-likeness (QED) is 0.940. The number of nitrogens with two attached hydrogens (primary N) is 1. The Morgan fingerprint density at radius 2 is 2.17 bits per heavy atom. The monoisotopic (exact) mass is 280 g/mol. The lowest BCUT2D eigenvalue weighted by Gasteiger charge is -2.07. The zero-order chi connectivity index (χ0) is 13.1. The summed E-state index contributed by atoms with van der Waals surface area (Å²) < 4.78 is 1.73. The van der Waals surface area contributed by atoms with Crippen molar-refractivity contribution in [3.8, 4) is 6.07 Å². The van der Waals surface area contributed by atoms with Gasteiger partial charge in [-0.15, -0.1) is 0 Å². The summed E-state index contributed by atoms with van der Waals surface area (Å²) >= 11 is 11.9. The van der Waals surface area contributed by atoms with Crippen LogP contribution in [0.5, 0.6) is 0 Å². The van der Waals surface area contributed by atoms with E-state index >= 15 is 0 Å². The minimum absolute atomic E-state index is 0.247. The van der Waals surface area contributed by atoms with E-state index in [-0.39, 0.29) is 5.69 Å². The van der Waals surface area contributed by atoms with Crippen LogP contribution < -0.4 is 5.73 Å². The number of hydrogen-bond acceptors (Lipinski definition) is 3. The summed E-state index contributed by atoms with van der Waals surface area (Å²) in [7, 11) is 0. The molecule has 6 heteroatoms. The summed E-state index contributed by atoms with van der Waals surface area (Å²) in [6, 6.07) is 7.31. The summed E-state index contributed by atoms with van der Waals surface area (Å²) in [6.45, 7) is 0.613. The fourth-order valence-electron chi connectivity index (χ4n) is 1.62. The minimum atomic E-state index is 0.247. The van der Waals surface area contributed by atoms with Crippen molar-refractivity contribution in [2.24, 2.45) is 0 Å². The van der Waals surface area contributed by atoms with Crippen molar-refractivity contribution in [1.82, 2.24) is 9.55 Å². The highest BCUT2D eigenvalue weighted by atomic mass is 35.5. The standard InChI is InChI=1S/C12H10Cl2N4/c13-9-2-1-8(10(14)5-9)3-4-18-7-17-11(6-15)12(18)16/h1-2,5,7H,3-4,16H2. The molecular weight excluding hydrogens is 271 g/mol. The lowest BCUT2D eigenvalue weighted by Crippen LogP contribution is -2.05. The summed E-state index contributed by atoms with van der Waals surface area (Å²) in [5, 5.41) is 9.99. The van der Waals surface area contributed by atoms with E-state index in [4.69, 9.17) is 34.2 Å². The second kappa shape index (κ2) is 5.30. The van der Waals surface area contributed by atoms with Gasteiger partial charge in [-0.1, -0.05) is 29.3 Å². The van der Waals surface area contributed by atoms with Gasteiger partial charge in [0.05, 0.1) is 6.33 Å². The Labute approximate surface area is 115 Å². The zero-order valence-electron chi connectivity index (χ0n) is 9.40. The van der Waals surface area contributed by atoms with Crippen LogP contribution in [-0.2, 0) is 13.0 Å². The van der Waals surface area contributed by atoms with Crippen LogP contribution in [0.2, 0.25) is 10.0 Å². The first-order valence-electron chi connectivity index (χ1n) is 5.26. The van der Waals surface area contributed by atoms with Gasteiger partial charge in [-0.2, -0.15) is 5.26 Å². The fraction of sp³-hybridized carbons (Fsp3) is 0.167. The minimum Gasteiger partial charge on any atom is -0.383 e. The second-order valence-corrected chi connectivity index (χ2v) is 4.61. The fourth-order valence-corrected chi connectivity index (χ4v) is 2.12. The predicted molar refractivity (Wildman–Crippen MR) is 71.5 cm³/mol. The molecule has 18 heavy (non-hydrogen) atoms. The van der Waals surface area contributed by atoms with Gasteiger partial charge in [0.25, 0.3) is 0 Å². The molecule has 0 aliphatic rings. The van der Waals surface area contributed by atoms with Gasteiger partial charge in [-0.05, 0) is 24.1 Å². The van der Waals surface area contributed by atoms with Crippen LogP contribution in [-0.4, -0.2) is 9.55 Å². The maximum atomic E-state index is 8.75. The molecular formula is C12H10Cl2N4. The number of imidazole rings is 1. The van der Waals surface area contributed by atoms with Gasteiger partial charge >= 0.3 is 0 Å². The van der Waals surface area contributed by atoms with Crippen LogP contribution >= 0.6 is 23.2 Å². The summed E-state index contributed by atoms with van der Waals surface area (Å²) in [5.41, 5.74) is 6.99. The van der Waals surface area contributed by atoms with Crippen molar-refractivity contribution in [3.63, 3.8) is 0 Å². The number of benzene rings is 1. The van der Waals surface area contributed by atoms with Crippen LogP contribution in [0.15, 0.2) is 24.5 Å². The number of aromatic nitrogens is 2. The molecule has 1 aromatic heterocycles. The van der Waals surface area contributed by atoms with Crippen molar-refractivity contribution in [2.75, 3.05) is 5.73 Å². The molecule has 0 bridgehead atoms. The van der Waals surface area contributed by atoms with E-state index in [1.165, 1.54) is 0 Å². The molecule has 0 spiro atoms. The maximum absolute atomic E-state index is 8.75. The van der Waals surface area contributed by atoms with Crippen molar-refractivity contribution in [1.29, 1.82) is 5.26 Å². The van der Waals surface area contributed by atoms with Crippen LogP contribution in [0.3, 0.4) is 0 Å². The average Bonchev–Trinajstić information content (AvgIpc) is 2.69. The lowest BCUT2D eigenvalue weighted by atomic mass is 10.1. The van der Waals surface area contributed by atoms with E-state index in [1.807, 2.05) is 12.1 Å². The highest BCUT2D eigenvalue weighted by Gasteiger charge is 2.07. The number of nitrogens with zero attached hydrogens (tertiary/aromatic N) is 3. The van der Waals surface area contributed by atoms with Crippen molar-refractivity contribution in [2.45, 2.75) is 13.0 Å². The maximum Gasteiger partial charge on any atom is 0.182 e. The molecule has 1 aromatic carbocycles. The van der Waals surface area contributed by atoms with Crippen LogP contribution in [0.25, 0.3) is 0 Å². The number of rotatable bonds is 3. The Bertz CT molecular complexity index is 613. The first-order chi connectivity index (χ1) is 8.61. The number of nitriles is 1. The van der Waals surface area contributed by atoms with E-state index in [0.717, 1.165) is 5.56 Å². The Balaban J connectivity index is 2.12. The van der Waals surface area contributed by atoms with Crippen LogP contribution in [0.1, 0.15) is 11.3 Å². The Hall–Kier alpha value is -1.70. The molecule has 0 aliphatic heterocycles. The summed E-state index contributed by atoms with van der Waals surface area (Å²) in [6.07, 6.45) is 2.25. The largest absolute Gasteiger partial charge is 0.383 e. The Morgan fingerprint density at radius 3 is 2.78 bits per heavy atom. The highest BCUT2D eigenvalue weighted by molar-refractivity contribution is 6.35. The van der Waals surface area contributed by atoms with Gasteiger partial charge in [0.1, 0.15) is 11.9 Å². The molecule has 0 saturated carbocycles.